The maximum absolute atomic E-state index is 11.8. The number of hydrogen-bond acceptors (Lipinski definition) is 4. The number of carbonyl (C=O) groups excluding carboxylic acids is 1. The van der Waals surface area contributed by atoms with Crippen molar-refractivity contribution < 1.29 is 9.53 Å². The molecule has 1 aliphatic heterocycles. The van der Waals surface area contributed by atoms with Gasteiger partial charge in [0.05, 0.1) is 0 Å². The van der Waals surface area contributed by atoms with Crippen LogP contribution < -0.4 is 10.2 Å². The van der Waals surface area contributed by atoms with Gasteiger partial charge in [-0.05, 0) is 52.7 Å². The monoisotopic (exact) mass is 291 g/mol. The largest absolute Gasteiger partial charge is 0.444 e. The second-order valence-corrected chi connectivity index (χ2v) is 6.54. The van der Waals surface area contributed by atoms with Crippen molar-refractivity contribution in [3.63, 3.8) is 0 Å². The minimum absolute atomic E-state index is 0.181. The summed E-state index contributed by atoms with van der Waals surface area (Å²) >= 11 is 0. The first-order valence-electron chi connectivity index (χ1n) is 7.51. The van der Waals surface area contributed by atoms with Crippen LogP contribution in [0.4, 0.5) is 10.6 Å². The number of ether oxygens (including phenoxy) is 1. The van der Waals surface area contributed by atoms with Crippen molar-refractivity contribution in [3.8, 4) is 0 Å². The number of alkyl carbamates (subject to hydrolysis) is 1. The van der Waals surface area contributed by atoms with Gasteiger partial charge in [0.15, 0.2) is 0 Å². The number of hydrogen-bond donors (Lipinski definition) is 1. The van der Waals surface area contributed by atoms with Crippen LogP contribution in [0.25, 0.3) is 0 Å². The zero-order valence-electron chi connectivity index (χ0n) is 13.3. The second kappa shape index (κ2) is 6.33. The van der Waals surface area contributed by atoms with Gasteiger partial charge in [0, 0.05) is 24.8 Å². The third-order valence-electron chi connectivity index (χ3n) is 3.41. The molecule has 5 heteroatoms. The second-order valence-electron chi connectivity index (χ2n) is 6.54. The van der Waals surface area contributed by atoms with Crippen LogP contribution in [0.3, 0.4) is 0 Å². The number of pyridine rings is 1. The summed E-state index contributed by atoms with van der Waals surface area (Å²) in [5.41, 5.74) is 0.581. The molecule has 2 rings (SSSR count). The fourth-order valence-corrected chi connectivity index (χ4v) is 2.43. The third kappa shape index (κ3) is 4.92. The Labute approximate surface area is 126 Å². The van der Waals surface area contributed by atoms with E-state index in [4.69, 9.17) is 4.74 Å². The number of anilines is 1. The van der Waals surface area contributed by atoms with Crippen LogP contribution in [0.2, 0.25) is 0 Å². The normalized spacial score (nSPS) is 16.7. The van der Waals surface area contributed by atoms with Gasteiger partial charge in [0.2, 0.25) is 0 Å². The summed E-state index contributed by atoms with van der Waals surface area (Å²) in [6, 6.07) is 6.25. The van der Waals surface area contributed by atoms with Crippen LogP contribution >= 0.6 is 0 Å². The summed E-state index contributed by atoms with van der Waals surface area (Å²) in [4.78, 5) is 18.6. The van der Waals surface area contributed by atoms with Gasteiger partial charge in [-0.25, -0.2) is 9.78 Å². The standard InChI is InChI=1S/C16H25N3O2/c1-12-6-5-7-14(17-12)19-10-8-13(9-11-19)18-15(20)21-16(2,3)4/h5-7,13H,8-11H2,1-4H3,(H,18,20). The molecule has 0 atom stereocenters. The van der Waals surface area contributed by atoms with Crippen molar-refractivity contribution in [3.05, 3.63) is 23.9 Å². The lowest BCUT2D eigenvalue weighted by atomic mass is 10.1. The van der Waals surface area contributed by atoms with E-state index >= 15 is 0 Å². The van der Waals surface area contributed by atoms with E-state index in [2.05, 4.69) is 15.2 Å². The molecule has 116 valence electrons. The van der Waals surface area contributed by atoms with Gasteiger partial charge >= 0.3 is 6.09 Å². The predicted molar refractivity (Wildman–Crippen MR) is 83.6 cm³/mol. The number of aromatic nitrogens is 1. The first-order valence-corrected chi connectivity index (χ1v) is 7.51. The number of nitrogens with zero attached hydrogens (tertiary/aromatic N) is 2. The Balaban J connectivity index is 1.82. The zero-order chi connectivity index (χ0) is 15.5. The lowest BCUT2D eigenvalue weighted by molar-refractivity contribution is 0.0497. The Bertz CT molecular complexity index is 489. The molecule has 0 radical (unpaired) electrons. The van der Waals surface area contributed by atoms with E-state index in [0.29, 0.717) is 0 Å². The summed E-state index contributed by atoms with van der Waals surface area (Å²) in [5.74, 6) is 1.02. The maximum atomic E-state index is 11.8. The Kier molecular flexibility index (Phi) is 4.70. The molecule has 1 fully saturated rings. The van der Waals surface area contributed by atoms with Crippen LogP contribution in [0, 0.1) is 6.92 Å². The lowest BCUT2D eigenvalue weighted by Gasteiger charge is -2.33. The van der Waals surface area contributed by atoms with Gasteiger partial charge < -0.3 is 15.0 Å². The van der Waals surface area contributed by atoms with E-state index < -0.39 is 5.60 Å². The summed E-state index contributed by atoms with van der Waals surface area (Å²) in [5, 5.41) is 2.95. The Morgan fingerprint density at radius 2 is 2.00 bits per heavy atom. The lowest BCUT2D eigenvalue weighted by Crippen LogP contribution is -2.46. The van der Waals surface area contributed by atoms with Crippen molar-refractivity contribution in [1.29, 1.82) is 0 Å². The molecule has 5 nitrogen and oxygen atoms in total. The van der Waals surface area contributed by atoms with E-state index in [-0.39, 0.29) is 12.1 Å². The van der Waals surface area contributed by atoms with E-state index in [0.717, 1.165) is 37.4 Å². The topological polar surface area (TPSA) is 54.5 Å². The average molecular weight is 291 g/mol. The van der Waals surface area contributed by atoms with E-state index in [1.807, 2.05) is 45.9 Å². The summed E-state index contributed by atoms with van der Waals surface area (Å²) in [6.45, 7) is 9.42. The van der Waals surface area contributed by atoms with Crippen LogP contribution in [-0.2, 0) is 4.74 Å². The molecule has 1 saturated heterocycles. The molecule has 0 aliphatic carbocycles. The summed E-state index contributed by atoms with van der Waals surface area (Å²) in [7, 11) is 0. The highest BCUT2D eigenvalue weighted by Gasteiger charge is 2.24. The molecule has 2 heterocycles. The number of nitrogens with one attached hydrogen (secondary N) is 1. The number of carbonyl (C=O) groups is 1. The van der Waals surface area contributed by atoms with Gasteiger partial charge in [-0.2, -0.15) is 0 Å². The van der Waals surface area contributed by atoms with Crippen LogP contribution in [0.15, 0.2) is 18.2 Å². The summed E-state index contributed by atoms with van der Waals surface area (Å²) < 4.78 is 5.29. The van der Waals surface area contributed by atoms with E-state index in [1.54, 1.807) is 0 Å². The molecule has 0 spiro atoms. The molecule has 0 saturated carbocycles. The molecular weight excluding hydrogens is 266 g/mol. The number of amides is 1. The summed E-state index contributed by atoms with van der Waals surface area (Å²) in [6.07, 6.45) is 1.50. The molecule has 1 N–H and O–H groups in total. The van der Waals surface area contributed by atoms with Gasteiger partial charge in [-0.15, -0.1) is 0 Å². The maximum Gasteiger partial charge on any atom is 0.407 e. The van der Waals surface area contributed by atoms with Crippen molar-refractivity contribution in [2.45, 2.75) is 52.2 Å². The Morgan fingerprint density at radius 1 is 1.33 bits per heavy atom. The minimum Gasteiger partial charge on any atom is -0.444 e. The first kappa shape index (κ1) is 15.6. The molecule has 0 aromatic carbocycles. The van der Waals surface area contributed by atoms with Crippen LogP contribution in [0.5, 0.6) is 0 Å². The molecule has 1 aromatic heterocycles. The highest BCUT2D eigenvalue weighted by atomic mass is 16.6. The zero-order valence-corrected chi connectivity index (χ0v) is 13.3. The highest BCUT2D eigenvalue weighted by Crippen LogP contribution is 2.18. The molecule has 1 amide bonds. The highest BCUT2D eigenvalue weighted by molar-refractivity contribution is 5.68. The van der Waals surface area contributed by atoms with Gasteiger partial charge in [0.25, 0.3) is 0 Å². The fourth-order valence-electron chi connectivity index (χ4n) is 2.43. The van der Waals surface area contributed by atoms with E-state index in [9.17, 15) is 4.79 Å². The van der Waals surface area contributed by atoms with Crippen molar-refractivity contribution in [2.75, 3.05) is 18.0 Å². The SMILES string of the molecule is Cc1cccc(N2CCC(NC(=O)OC(C)(C)C)CC2)n1. The van der Waals surface area contributed by atoms with Crippen molar-refractivity contribution in [1.82, 2.24) is 10.3 Å². The Morgan fingerprint density at radius 3 is 2.57 bits per heavy atom. The van der Waals surface area contributed by atoms with Gasteiger partial charge in [-0.3, -0.25) is 0 Å². The molecular formula is C16H25N3O2. The Hall–Kier alpha value is -1.78. The predicted octanol–water partition coefficient (Wildman–Crippen LogP) is 2.88. The number of rotatable bonds is 2. The van der Waals surface area contributed by atoms with Gasteiger partial charge in [0.1, 0.15) is 11.4 Å². The van der Waals surface area contributed by atoms with Crippen LogP contribution in [-0.4, -0.2) is 35.8 Å². The molecule has 1 aromatic rings. The first-order chi connectivity index (χ1) is 9.83. The molecule has 1 aliphatic rings. The number of aryl methyl sites for hydroxylation is 1. The third-order valence-corrected chi connectivity index (χ3v) is 3.41. The van der Waals surface area contributed by atoms with E-state index in [1.165, 1.54) is 0 Å². The minimum atomic E-state index is -0.448. The van der Waals surface area contributed by atoms with Crippen molar-refractivity contribution in [2.24, 2.45) is 0 Å². The molecule has 21 heavy (non-hydrogen) atoms. The quantitative estimate of drug-likeness (QED) is 0.910. The van der Waals surface area contributed by atoms with Crippen molar-refractivity contribution >= 4 is 11.9 Å². The molecule has 0 bridgehead atoms. The molecule has 0 unspecified atom stereocenters. The average Bonchev–Trinajstić information content (AvgIpc) is 2.37. The van der Waals surface area contributed by atoms with Gasteiger partial charge in [-0.1, -0.05) is 6.07 Å². The van der Waals surface area contributed by atoms with Crippen LogP contribution in [0.1, 0.15) is 39.3 Å². The fraction of sp³-hybridized carbons (Fsp3) is 0.625. The smallest absolute Gasteiger partial charge is 0.407 e. The number of piperidine rings is 1.